The molecule has 1 aliphatic rings. The summed E-state index contributed by atoms with van der Waals surface area (Å²) in [5.41, 5.74) is 2.12. The molecule has 1 aliphatic carbocycles. The summed E-state index contributed by atoms with van der Waals surface area (Å²) in [5, 5.41) is 12.3. The van der Waals surface area contributed by atoms with E-state index in [0.717, 1.165) is 39.8 Å². The van der Waals surface area contributed by atoms with Gasteiger partial charge in [-0.05, 0) is 37.8 Å². The molecular formula is C19H18N6O2S. The number of nitrogens with one attached hydrogen (secondary N) is 2. The quantitative estimate of drug-likeness (QED) is 0.511. The van der Waals surface area contributed by atoms with E-state index in [1.165, 1.54) is 10.4 Å². The first-order chi connectivity index (χ1) is 13.7. The molecule has 0 aliphatic heterocycles. The number of fused-ring (bicyclic) bond motifs is 4. The molecule has 0 saturated heterocycles. The fourth-order valence-corrected chi connectivity index (χ4v) is 4.97. The van der Waals surface area contributed by atoms with Crippen molar-refractivity contribution in [3.63, 3.8) is 0 Å². The largest absolute Gasteiger partial charge is 0.466 e. The number of aromatic amines is 1. The minimum atomic E-state index is -0.104. The Bertz CT molecular complexity index is 1180. The van der Waals surface area contributed by atoms with Gasteiger partial charge in [0.15, 0.2) is 0 Å². The van der Waals surface area contributed by atoms with E-state index in [9.17, 15) is 4.79 Å². The molecule has 0 spiro atoms. The van der Waals surface area contributed by atoms with Gasteiger partial charge in [0.05, 0.1) is 35.8 Å². The first kappa shape index (κ1) is 17.1. The van der Waals surface area contributed by atoms with Gasteiger partial charge in [-0.3, -0.25) is 9.89 Å². The number of hydrogen-bond acceptors (Lipinski definition) is 8. The van der Waals surface area contributed by atoms with Crippen molar-refractivity contribution in [3.05, 3.63) is 35.2 Å². The summed E-state index contributed by atoms with van der Waals surface area (Å²) in [6, 6.07) is 1.93. The van der Waals surface area contributed by atoms with Crippen molar-refractivity contribution >= 4 is 50.1 Å². The molecule has 0 aromatic carbocycles. The van der Waals surface area contributed by atoms with Gasteiger partial charge in [0, 0.05) is 10.3 Å². The molecule has 0 bridgehead atoms. The van der Waals surface area contributed by atoms with E-state index in [1.54, 1.807) is 30.1 Å². The molecule has 5 rings (SSSR count). The lowest BCUT2D eigenvalue weighted by Gasteiger charge is -2.20. The number of H-pyrrole nitrogens is 1. The molecule has 28 heavy (non-hydrogen) atoms. The minimum Gasteiger partial charge on any atom is -0.466 e. The predicted molar refractivity (Wildman–Crippen MR) is 107 cm³/mol. The number of rotatable bonds is 4. The van der Waals surface area contributed by atoms with Crippen molar-refractivity contribution < 1.29 is 9.53 Å². The van der Waals surface area contributed by atoms with Crippen LogP contribution >= 0.6 is 11.3 Å². The molecule has 0 fully saturated rings. The first-order valence-electron chi connectivity index (χ1n) is 9.21. The van der Waals surface area contributed by atoms with Crippen molar-refractivity contribution in [2.45, 2.75) is 26.2 Å². The Morgan fingerprint density at radius 1 is 1.36 bits per heavy atom. The Labute approximate surface area is 164 Å². The second-order valence-corrected chi connectivity index (χ2v) is 7.83. The molecule has 0 radical (unpaired) electrons. The third-order valence-electron chi connectivity index (χ3n) is 5.04. The highest BCUT2D eigenvalue weighted by Gasteiger charge is 2.29. The van der Waals surface area contributed by atoms with E-state index in [1.807, 2.05) is 13.0 Å². The third-order valence-corrected chi connectivity index (χ3v) is 6.20. The van der Waals surface area contributed by atoms with Gasteiger partial charge < -0.3 is 10.1 Å². The smallest absolute Gasteiger partial charge is 0.309 e. The second-order valence-electron chi connectivity index (χ2n) is 6.75. The van der Waals surface area contributed by atoms with Crippen LogP contribution in [0.4, 0.5) is 11.6 Å². The van der Waals surface area contributed by atoms with E-state index >= 15 is 0 Å². The van der Waals surface area contributed by atoms with Crippen molar-refractivity contribution in [2.75, 3.05) is 11.9 Å². The molecule has 2 N–H and O–H groups in total. The van der Waals surface area contributed by atoms with Crippen LogP contribution in [-0.2, 0) is 22.4 Å². The number of esters is 1. The fraction of sp³-hybridized carbons (Fsp3) is 0.316. The zero-order chi connectivity index (χ0) is 19.1. The maximum atomic E-state index is 12.1. The monoisotopic (exact) mass is 394 g/mol. The zero-order valence-electron chi connectivity index (χ0n) is 15.2. The third kappa shape index (κ3) is 2.88. The number of hydrogen-bond donors (Lipinski definition) is 2. The van der Waals surface area contributed by atoms with E-state index in [2.05, 4.69) is 30.5 Å². The number of nitrogens with zero attached hydrogens (tertiary/aromatic N) is 4. The summed E-state index contributed by atoms with van der Waals surface area (Å²) >= 11 is 1.63. The number of carbonyl (C=O) groups excluding carboxylic acids is 1. The number of aromatic nitrogens is 5. The summed E-state index contributed by atoms with van der Waals surface area (Å²) in [7, 11) is 0. The van der Waals surface area contributed by atoms with Gasteiger partial charge in [0.25, 0.3) is 0 Å². The summed E-state index contributed by atoms with van der Waals surface area (Å²) in [6.45, 7) is 2.26. The Kier molecular flexibility index (Phi) is 4.16. The van der Waals surface area contributed by atoms with Gasteiger partial charge in [-0.1, -0.05) is 0 Å². The highest BCUT2D eigenvalue weighted by molar-refractivity contribution is 7.19. The highest BCUT2D eigenvalue weighted by atomic mass is 32.1. The van der Waals surface area contributed by atoms with Crippen LogP contribution in [0.2, 0.25) is 0 Å². The van der Waals surface area contributed by atoms with Crippen LogP contribution in [-0.4, -0.2) is 37.7 Å². The molecule has 0 unspecified atom stereocenters. The molecular weight excluding hydrogens is 376 g/mol. The van der Waals surface area contributed by atoms with E-state index in [4.69, 9.17) is 4.74 Å². The van der Waals surface area contributed by atoms with Crippen molar-refractivity contribution in [1.29, 1.82) is 0 Å². The molecule has 1 atom stereocenters. The SMILES string of the molecule is CCOC(=O)[C@H]1CCc2c(sc3ncnc(Nc4cc5cn[nH]c5cn4)c23)C1. The zero-order valence-corrected chi connectivity index (χ0v) is 16.0. The minimum absolute atomic E-state index is 0.0740. The summed E-state index contributed by atoms with van der Waals surface area (Å²) in [4.78, 5) is 27.6. The predicted octanol–water partition coefficient (Wildman–Crippen LogP) is 3.37. The summed E-state index contributed by atoms with van der Waals surface area (Å²) in [6.07, 6.45) is 7.37. The van der Waals surface area contributed by atoms with E-state index in [0.29, 0.717) is 18.8 Å². The Morgan fingerprint density at radius 2 is 2.29 bits per heavy atom. The lowest BCUT2D eigenvalue weighted by atomic mass is 9.88. The molecule has 9 heteroatoms. The van der Waals surface area contributed by atoms with Crippen LogP contribution in [0.5, 0.6) is 0 Å². The van der Waals surface area contributed by atoms with Gasteiger partial charge in [-0.2, -0.15) is 5.10 Å². The van der Waals surface area contributed by atoms with Gasteiger partial charge in [-0.25, -0.2) is 15.0 Å². The molecule has 4 heterocycles. The maximum absolute atomic E-state index is 12.1. The van der Waals surface area contributed by atoms with Crippen LogP contribution < -0.4 is 5.32 Å². The molecule has 8 nitrogen and oxygen atoms in total. The molecule has 4 aromatic rings. The molecule has 0 amide bonds. The number of carbonyl (C=O) groups is 1. The molecule has 142 valence electrons. The van der Waals surface area contributed by atoms with Crippen LogP contribution in [0.3, 0.4) is 0 Å². The van der Waals surface area contributed by atoms with Crippen molar-refractivity contribution in [3.8, 4) is 0 Å². The number of ether oxygens (including phenoxy) is 1. The molecule has 0 saturated carbocycles. The van der Waals surface area contributed by atoms with Crippen molar-refractivity contribution in [2.24, 2.45) is 5.92 Å². The average molecular weight is 394 g/mol. The fourth-order valence-electron chi connectivity index (χ4n) is 3.70. The van der Waals surface area contributed by atoms with Crippen molar-refractivity contribution in [1.82, 2.24) is 25.1 Å². The van der Waals surface area contributed by atoms with Gasteiger partial charge in [0.1, 0.15) is 22.8 Å². The highest BCUT2D eigenvalue weighted by Crippen LogP contribution is 2.40. The van der Waals surface area contributed by atoms with Gasteiger partial charge in [-0.15, -0.1) is 11.3 Å². The van der Waals surface area contributed by atoms with E-state index < -0.39 is 0 Å². The van der Waals surface area contributed by atoms with Crippen LogP contribution in [0.15, 0.2) is 24.8 Å². The summed E-state index contributed by atoms with van der Waals surface area (Å²) in [5.74, 6) is 1.27. The lowest BCUT2D eigenvalue weighted by Crippen LogP contribution is -2.23. The number of thiophene rings is 1. The summed E-state index contributed by atoms with van der Waals surface area (Å²) < 4.78 is 5.21. The number of anilines is 2. The molecule has 4 aromatic heterocycles. The average Bonchev–Trinajstić information content (AvgIpc) is 3.31. The van der Waals surface area contributed by atoms with Gasteiger partial charge in [0.2, 0.25) is 0 Å². The maximum Gasteiger partial charge on any atom is 0.309 e. The second kappa shape index (κ2) is 6.83. The standard InChI is InChI=1S/C19H18N6O2S/c1-2-27-19(26)10-3-4-12-14(5-10)28-18-16(12)17(21-9-22-18)24-15-6-11-7-23-25-13(11)8-20-15/h6-10H,2-5H2,1H3,(H,23,25)(H,20,21,22,24)/t10-/m0/s1. The number of aryl methyl sites for hydroxylation is 1. The topological polar surface area (TPSA) is 106 Å². The van der Waals surface area contributed by atoms with Crippen LogP contribution in [0, 0.1) is 5.92 Å². The number of pyridine rings is 1. The first-order valence-corrected chi connectivity index (χ1v) is 10.0. The Balaban J connectivity index is 1.50. The van der Waals surface area contributed by atoms with Gasteiger partial charge >= 0.3 is 5.97 Å². The Morgan fingerprint density at radius 3 is 3.18 bits per heavy atom. The van der Waals surface area contributed by atoms with E-state index in [-0.39, 0.29) is 11.9 Å². The normalized spacial score (nSPS) is 16.2. The lowest BCUT2D eigenvalue weighted by molar-refractivity contribution is -0.148. The van der Waals surface area contributed by atoms with Crippen LogP contribution in [0.1, 0.15) is 23.8 Å². The van der Waals surface area contributed by atoms with Crippen LogP contribution in [0.25, 0.3) is 21.1 Å². The Hall–Kier alpha value is -3.07.